The third-order valence-corrected chi connectivity index (χ3v) is 4.11. The van der Waals surface area contributed by atoms with E-state index in [1.54, 1.807) is 12.1 Å². The molecule has 2 N–H and O–H groups in total. The van der Waals surface area contributed by atoms with Gasteiger partial charge in [0.2, 0.25) is 5.91 Å². The predicted octanol–water partition coefficient (Wildman–Crippen LogP) is 4.06. The second-order valence-electron chi connectivity index (χ2n) is 5.37. The maximum Gasteiger partial charge on any atom is 0.225 e. The van der Waals surface area contributed by atoms with Gasteiger partial charge in [0.25, 0.3) is 0 Å². The molecule has 0 aliphatic carbocycles. The highest BCUT2D eigenvalue weighted by Crippen LogP contribution is 2.23. The molecule has 0 radical (unpaired) electrons. The monoisotopic (exact) mass is 378 g/mol. The maximum atomic E-state index is 13.4. The molecule has 0 bridgehead atoms. The van der Waals surface area contributed by atoms with Crippen molar-refractivity contribution in [2.45, 2.75) is 19.8 Å². The first-order valence-corrected chi connectivity index (χ1v) is 8.35. The number of aryl methyl sites for hydroxylation is 1. The number of hydrogen-bond acceptors (Lipinski definition) is 2. The minimum Gasteiger partial charge on any atom is -0.325 e. The minimum absolute atomic E-state index is 0.0482. The molecule has 0 aromatic heterocycles. The summed E-state index contributed by atoms with van der Waals surface area (Å²) < 4.78 is 14.3. The van der Waals surface area contributed by atoms with Gasteiger partial charge in [0, 0.05) is 17.4 Å². The summed E-state index contributed by atoms with van der Waals surface area (Å²) in [7, 11) is 0. The molecule has 2 rings (SSSR count). The molecule has 2 aromatic carbocycles. The van der Waals surface area contributed by atoms with Crippen LogP contribution in [0.2, 0.25) is 0 Å². The van der Waals surface area contributed by atoms with Gasteiger partial charge in [-0.05, 0) is 65.1 Å². The average Bonchev–Trinajstić information content (AvgIpc) is 2.51. The number of carbonyl (C=O) groups excluding carboxylic acids is 1. The Bertz CT molecular complexity index is 676. The summed E-state index contributed by atoms with van der Waals surface area (Å²) in [5.41, 5.74) is 2.59. The van der Waals surface area contributed by atoms with E-state index in [2.05, 4.69) is 26.6 Å². The molecule has 0 atom stereocenters. The molecule has 0 heterocycles. The summed E-state index contributed by atoms with van der Waals surface area (Å²) in [6, 6.07) is 12.5. The van der Waals surface area contributed by atoms with Gasteiger partial charge in [-0.25, -0.2) is 4.39 Å². The van der Waals surface area contributed by atoms with Crippen molar-refractivity contribution >= 4 is 27.5 Å². The molecule has 0 saturated carbocycles. The second kappa shape index (κ2) is 8.79. The van der Waals surface area contributed by atoms with Gasteiger partial charge >= 0.3 is 0 Å². The van der Waals surface area contributed by atoms with Crippen molar-refractivity contribution in [2.75, 3.05) is 18.4 Å². The summed E-state index contributed by atoms with van der Waals surface area (Å²) >= 11 is 3.44. The Morgan fingerprint density at radius 2 is 1.96 bits per heavy atom. The maximum absolute atomic E-state index is 13.4. The number of hydrogen-bond donors (Lipinski definition) is 2. The number of anilines is 1. The molecule has 0 aliphatic rings. The largest absolute Gasteiger partial charge is 0.325 e. The van der Waals surface area contributed by atoms with E-state index in [1.165, 1.54) is 6.07 Å². The third-order valence-electron chi connectivity index (χ3n) is 3.46. The molecular formula is C18H20BrFN2O. The first-order chi connectivity index (χ1) is 11.1. The lowest BCUT2D eigenvalue weighted by Gasteiger charge is -2.09. The van der Waals surface area contributed by atoms with Gasteiger partial charge in [0.15, 0.2) is 0 Å². The lowest BCUT2D eigenvalue weighted by Crippen LogP contribution is -2.23. The van der Waals surface area contributed by atoms with Gasteiger partial charge in [-0.2, -0.15) is 0 Å². The molecular weight excluding hydrogens is 359 g/mol. The number of amides is 1. The first-order valence-electron chi connectivity index (χ1n) is 7.56. The van der Waals surface area contributed by atoms with Crippen LogP contribution in [0.5, 0.6) is 0 Å². The highest BCUT2D eigenvalue weighted by Gasteiger charge is 2.06. The zero-order chi connectivity index (χ0) is 16.7. The smallest absolute Gasteiger partial charge is 0.225 e. The SMILES string of the molecule is Cc1ccc(NC(=O)CCNCCc2ccccc2F)c(Br)c1. The van der Waals surface area contributed by atoms with Crippen LogP contribution in [-0.4, -0.2) is 19.0 Å². The van der Waals surface area contributed by atoms with Crippen molar-refractivity contribution in [3.63, 3.8) is 0 Å². The lowest BCUT2D eigenvalue weighted by atomic mass is 10.1. The Morgan fingerprint density at radius 3 is 2.70 bits per heavy atom. The zero-order valence-corrected chi connectivity index (χ0v) is 14.6. The summed E-state index contributed by atoms with van der Waals surface area (Å²) in [5, 5.41) is 6.03. The molecule has 122 valence electrons. The fourth-order valence-electron chi connectivity index (χ4n) is 2.19. The van der Waals surface area contributed by atoms with Crippen molar-refractivity contribution in [3.05, 3.63) is 63.9 Å². The van der Waals surface area contributed by atoms with E-state index in [0.29, 0.717) is 31.5 Å². The van der Waals surface area contributed by atoms with Crippen molar-refractivity contribution in [1.29, 1.82) is 0 Å². The fraction of sp³-hybridized carbons (Fsp3) is 0.278. The molecule has 0 aliphatic heterocycles. The van der Waals surface area contributed by atoms with Gasteiger partial charge < -0.3 is 10.6 Å². The summed E-state index contributed by atoms with van der Waals surface area (Å²) in [4.78, 5) is 11.9. The molecule has 3 nitrogen and oxygen atoms in total. The number of benzene rings is 2. The molecule has 5 heteroatoms. The predicted molar refractivity (Wildman–Crippen MR) is 95.1 cm³/mol. The van der Waals surface area contributed by atoms with Crippen molar-refractivity contribution in [2.24, 2.45) is 0 Å². The molecule has 2 aromatic rings. The van der Waals surface area contributed by atoms with Crippen molar-refractivity contribution in [3.8, 4) is 0 Å². The van der Waals surface area contributed by atoms with E-state index in [4.69, 9.17) is 0 Å². The molecule has 0 saturated heterocycles. The normalized spacial score (nSPS) is 10.6. The summed E-state index contributed by atoms with van der Waals surface area (Å²) in [5.74, 6) is -0.232. The Kier molecular flexibility index (Phi) is 6.74. The van der Waals surface area contributed by atoms with Crippen LogP contribution in [0.25, 0.3) is 0 Å². The first kappa shape index (κ1) is 17.6. The quantitative estimate of drug-likeness (QED) is 0.713. The third kappa shape index (κ3) is 5.77. The van der Waals surface area contributed by atoms with Gasteiger partial charge in [0.05, 0.1) is 5.69 Å². The van der Waals surface area contributed by atoms with E-state index in [0.717, 1.165) is 15.7 Å². The van der Waals surface area contributed by atoms with Gasteiger partial charge in [-0.1, -0.05) is 24.3 Å². The Morgan fingerprint density at radius 1 is 1.17 bits per heavy atom. The molecule has 1 amide bonds. The Balaban J connectivity index is 1.68. The van der Waals surface area contributed by atoms with E-state index < -0.39 is 0 Å². The highest BCUT2D eigenvalue weighted by molar-refractivity contribution is 9.10. The molecule has 0 unspecified atom stereocenters. The standard InChI is InChI=1S/C18H20BrFN2O/c1-13-6-7-17(15(19)12-13)22-18(23)9-11-21-10-8-14-4-2-3-5-16(14)20/h2-7,12,21H,8-11H2,1H3,(H,22,23). The van der Waals surface area contributed by atoms with Crippen LogP contribution < -0.4 is 10.6 Å². The van der Waals surface area contributed by atoms with E-state index in [1.807, 2.05) is 31.2 Å². The van der Waals surface area contributed by atoms with E-state index >= 15 is 0 Å². The van der Waals surface area contributed by atoms with Gasteiger partial charge in [-0.3, -0.25) is 4.79 Å². The van der Waals surface area contributed by atoms with Crippen molar-refractivity contribution < 1.29 is 9.18 Å². The molecule has 23 heavy (non-hydrogen) atoms. The van der Waals surface area contributed by atoms with Crippen LogP contribution in [0, 0.1) is 12.7 Å². The van der Waals surface area contributed by atoms with Crippen molar-refractivity contribution in [1.82, 2.24) is 5.32 Å². The van der Waals surface area contributed by atoms with Gasteiger partial charge in [0.1, 0.15) is 5.82 Å². The zero-order valence-electron chi connectivity index (χ0n) is 13.0. The van der Waals surface area contributed by atoms with Crippen LogP contribution in [-0.2, 0) is 11.2 Å². The van der Waals surface area contributed by atoms with Crippen LogP contribution in [0.4, 0.5) is 10.1 Å². The van der Waals surface area contributed by atoms with Crippen LogP contribution in [0.3, 0.4) is 0 Å². The number of rotatable bonds is 7. The minimum atomic E-state index is -0.184. The molecule has 0 fully saturated rings. The molecule has 0 spiro atoms. The fourth-order valence-corrected chi connectivity index (χ4v) is 2.78. The second-order valence-corrected chi connectivity index (χ2v) is 6.23. The van der Waals surface area contributed by atoms with E-state index in [-0.39, 0.29) is 11.7 Å². The van der Waals surface area contributed by atoms with Gasteiger partial charge in [-0.15, -0.1) is 0 Å². The number of halogens is 2. The number of nitrogens with one attached hydrogen (secondary N) is 2. The Hall–Kier alpha value is -1.72. The van der Waals surface area contributed by atoms with Crippen LogP contribution in [0.1, 0.15) is 17.5 Å². The number of carbonyl (C=O) groups is 1. The Labute approximate surface area is 144 Å². The summed E-state index contributed by atoms with van der Waals surface area (Å²) in [6.45, 7) is 3.20. The van der Waals surface area contributed by atoms with E-state index in [9.17, 15) is 9.18 Å². The highest BCUT2D eigenvalue weighted by atomic mass is 79.9. The lowest BCUT2D eigenvalue weighted by molar-refractivity contribution is -0.116. The van der Waals surface area contributed by atoms with Crippen LogP contribution in [0.15, 0.2) is 46.9 Å². The average molecular weight is 379 g/mol. The topological polar surface area (TPSA) is 41.1 Å². The van der Waals surface area contributed by atoms with Crippen LogP contribution >= 0.6 is 15.9 Å². The summed E-state index contributed by atoms with van der Waals surface area (Å²) in [6.07, 6.45) is 0.982.